The summed E-state index contributed by atoms with van der Waals surface area (Å²) in [5.74, 6) is -1.58. The van der Waals surface area contributed by atoms with Gasteiger partial charge >= 0.3 is 6.18 Å². The lowest BCUT2D eigenvalue weighted by Crippen LogP contribution is -2.49. The van der Waals surface area contributed by atoms with Gasteiger partial charge in [-0.3, -0.25) is 14.5 Å². The van der Waals surface area contributed by atoms with Crippen molar-refractivity contribution in [3.8, 4) is 0 Å². The Balaban J connectivity index is 1.70. The molecule has 2 aliphatic heterocycles. The van der Waals surface area contributed by atoms with E-state index >= 15 is 0 Å². The second kappa shape index (κ2) is 10.3. The van der Waals surface area contributed by atoms with Crippen molar-refractivity contribution in [1.82, 2.24) is 15.1 Å². The molecule has 2 aliphatic rings. The van der Waals surface area contributed by atoms with Crippen LogP contribution < -0.4 is 5.32 Å². The lowest BCUT2D eigenvalue weighted by molar-refractivity contribution is -0.188. The van der Waals surface area contributed by atoms with Crippen LogP contribution >= 0.6 is 0 Å². The van der Waals surface area contributed by atoms with Crippen LogP contribution in [0.2, 0.25) is 0 Å². The molecule has 0 aliphatic carbocycles. The molecule has 2 fully saturated rings. The van der Waals surface area contributed by atoms with Gasteiger partial charge < -0.3 is 10.2 Å². The normalized spacial score (nSPS) is 22.7. The molecule has 0 aromatic carbocycles. The minimum absolute atomic E-state index is 0.0254. The van der Waals surface area contributed by atoms with Crippen molar-refractivity contribution in [2.45, 2.75) is 58.0 Å². The zero-order valence-electron chi connectivity index (χ0n) is 16.2. The minimum Gasteiger partial charge on any atom is -0.356 e. The summed E-state index contributed by atoms with van der Waals surface area (Å²) in [5, 5.41) is 2.97. The molecule has 2 saturated heterocycles. The van der Waals surface area contributed by atoms with Crippen LogP contribution in [-0.4, -0.2) is 67.1 Å². The fourth-order valence-corrected chi connectivity index (χ4v) is 3.85. The number of alkyl halides is 3. The highest BCUT2D eigenvalue weighted by Crippen LogP contribution is 2.33. The second-order valence-corrected chi connectivity index (χ2v) is 7.77. The summed E-state index contributed by atoms with van der Waals surface area (Å²) in [6.07, 6.45) is 0.861. The van der Waals surface area contributed by atoms with Crippen molar-refractivity contribution < 1.29 is 22.8 Å². The van der Waals surface area contributed by atoms with Gasteiger partial charge in [0, 0.05) is 25.6 Å². The van der Waals surface area contributed by atoms with Gasteiger partial charge in [-0.05, 0) is 45.2 Å². The van der Waals surface area contributed by atoms with E-state index in [0.29, 0.717) is 45.4 Å². The molecular weight excluding hydrogens is 359 g/mol. The number of nitrogens with zero attached hydrogens (tertiary/aromatic N) is 2. The molecule has 0 radical (unpaired) electrons. The van der Waals surface area contributed by atoms with E-state index in [0.717, 1.165) is 19.3 Å². The fraction of sp³-hybridized carbons (Fsp3) is 0.895. The number of carbonyl (C=O) groups excluding carboxylic acids is 2. The standard InChI is InChI=1S/C19H32F3N3O2/c1-2-3-4-9-23-18(27)15-7-11-24(12-8-15)14-17(26)25-10-5-6-16(13-25)19(20,21)22/h15-16H,2-14H2,1H3,(H,23,27). The van der Waals surface area contributed by atoms with Crippen LogP contribution in [0, 0.1) is 11.8 Å². The summed E-state index contributed by atoms with van der Waals surface area (Å²) < 4.78 is 38.7. The number of unbranched alkanes of at least 4 members (excludes halogenated alkanes) is 2. The van der Waals surface area contributed by atoms with Crippen molar-refractivity contribution in [2.75, 3.05) is 39.3 Å². The van der Waals surface area contributed by atoms with Gasteiger partial charge in [0.25, 0.3) is 0 Å². The molecule has 0 saturated carbocycles. The first kappa shape index (κ1) is 22.0. The first-order valence-electron chi connectivity index (χ1n) is 10.2. The maximum absolute atomic E-state index is 12.9. The van der Waals surface area contributed by atoms with E-state index in [2.05, 4.69) is 12.2 Å². The van der Waals surface area contributed by atoms with Gasteiger partial charge in [-0.25, -0.2) is 0 Å². The van der Waals surface area contributed by atoms with E-state index in [4.69, 9.17) is 0 Å². The minimum atomic E-state index is -4.23. The van der Waals surface area contributed by atoms with E-state index < -0.39 is 12.1 Å². The predicted octanol–water partition coefficient (Wildman–Crippen LogP) is 2.81. The van der Waals surface area contributed by atoms with Crippen molar-refractivity contribution >= 4 is 11.8 Å². The molecule has 0 aromatic heterocycles. The predicted molar refractivity (Wildman–Crippen MR) is 97.1 cm³/mol. The molecule has 1 unspecified atom stereocenters. The highest BCUT2D eigenvalue weighted by molar-refractivity contribution is 5.79. The molecule has 1 atom stereocenters. The Hall–Kier alpha value is -1.31. The number of likely N-dealkylation sites (tertiary alicyclic amines) is 2. The van der Waals surface area contributed by atoms with Gasteiger partial charge in [-0.2, -0.15) is 13.2 Å². The first-order chi connectivity index (χ1) is 12.8. The quantitative estimate of drug-likeness (QED) is 0.679. The molecule has 27 heavy (non-hydrogen) atoms. The highest BCUT2D eigenvalue weighted by Gasteiger charge is 2.42. The molecular formula is C19H32F3N3O2. The number of halogens is 3. The van der Waals surface area contributed by atoms with Gasteiger partial charge in [0.2, 0.25) is 11.8 Å². The van der Waals surface area contributed by atoms with E-state index in [-0.39, 0.29) is 37.2 Å². The lowest BCUT2D eigenvalue weighted by atomic mass is 9.95. The number of hydrogen-bond donors (Lipinski definition) is 1. The molecule has 0 bridgehead atoms. The van der Waals surface area contributed by atoms with Gasteiger partial charge in [-0.15, -0.1) is 0 Å². The van der Waals surface area contributed by atoms with Crippen LogP contribution in [0.1, 0.15) is 51.9 Å². The van der Waals surface area contributed by atoms with Gasteiger partial charge in [0.05, 0.1) is 12.5 Å². The van der Waals surface area contributed by atoms with Gasteiger partial charge in [0.1, 0.15) is 0 Å². The Kier molecular flexibility index (Phi) is 8.38. The van der Waals surface area contributed by atoms with Crippen molar-refractivity contribution in [2.24, 2.45) is 11.8 Å². The van der Waals surface area contributed by atoms with Crippen molar-refractivity contribution in [3.63, 3.8) is 0 Å². The smallest absolute Gasteiger partial charge is 0.356 e. The summed E-state index contributed by atoms with van der Waals surface area (Å²) >= 11 is 0. The second-order valence-electron chi connectivity index (χ2n) is 7.77. The van der Waals surface area contributed by atoms with Crippen molar-refractivity contribution in [3.05, 3.63) is 0 Å². The maximum Gasteiger partial charge on any atom is 0.393 e. The van der Waals surface area contributed by atoms with Crippen LogP contribution in [0.4, 0.5) is 13.2 Å². The topological polar surface area (TPSA) is 52.7 Å². The number of nitrogens with one attached hydrogen (secondary N) is 1. The molecule has 5 nitrogen and oxygen atoms in total. The summed E-state index contributed by atoms with van der Waals surface area (Å²) in [6.45, 7) is 4.42. The molecule has 2 amide bonds. The van der Waals surface area contributed by atoms with Gasteiger partial charge in [0.15, 0.2) is 0 Å². The van der Waals surface area contributed by atoms with Crippen molar-refractivity contribution in [1.29, 1.82) is 0 Å². The molecule has 2 heterocycles. The summed E-state index contributed by atoms with van der Waals surface area (Å²) in [5.41, 5.74) is 0. The number of hydrogen-bond acceptors (Lipinski definition) is 3. The SMILES string of the molecule is CCCCCNC(=O)C1CCN(CC(=O)N2CCCC(C(F)(F)F)C2)CC1. The summed E-state index contributed by atoms with van der Waals surface area (Å²) in [4.78, 5) is 27.9. The van der Waals surface area contributed by atoms with Crippen LogP contribution in [0.25, 0.3) is 0 Å². The summed E-state index contributed by atoms with van der Waals surface area (Å²) in [6, 6.07) is 0. The molecule has 0 spiro atoms. The summed E-state index contributed by atoms with van der Waals surface area (Å²) in [7, 11) is 0. The van der Waals surface area contributed by atoms with E-state index in [9.17, 15) is 22.8 Å². The third-order valence-corrected chi connectivity index (χ3v) is 5.63. The number of carbonyl (C=O) groups is 2. The fourth-order valence-electron chi connectivity index (χ4n) is 3.85. The van der Waals surface area contributed by atoms with Crippen LogP contribution in [0.5, 0.6) is 0 Å². The molecule has 2 rings (SSSR count). The van der Waals surface area contributed by atoms with E-state index in [1.165, 1.54) is 4.90 Å². The van der Waals surface area contributed by atoms with E-state index in [1.54, 1.807) is 0 Å². The van der Waals surface area contributed by atoms with Crippen LogP contribution in [0.3, 0.4) is 0 Å². The molecule has 1 N–H and O–H groups in total. The number of rotatable bonds is 7. The highest BCUT2D eigenvalue weighted by atomic mass is 19.4. The monoisotopic (exact) mass is 391 g/mol. The molecule has 0 aromatic rings. The number of piperidine rings is 2. The third-order valence-electron chi connectivity index (χ3n) is 5.63. The number of amides is 2. The third kappa shape index (κ3) is 6.97. The zero-order valence-corrected chi connectivity index (χ0v) is 16.2. The molecule has 8 heteroatoms. The zero-order chi connectivity index (χ0) is 19.9. The largest absolute Gasteiger partial charge is 0.393 e. The average Bonchev–Trinajstić information content (AvgIpc) is 2.65. The Labute approximate surface area is 159 Å². The van der Waals surface area contributed by atoms with Crippen LogP contribution in [-0.2, 0) is 9.59 Å². The lowest BCUT2D eigenvalue weighted by Gasteiger charge is -2.36. The Bertz CT molecular complexity index is 491. The van der Waals surface area contributed by atoms with Gasteiger partial charge in [-0.1, -0.05) is 19.8 Å². The van der Waals surface area contributed by atoms with Crippen LogP contribution in [0.15, 0.2) is 0 Å². The average molecular weight is 391 g/mol. The Morgan fingerprint density at radius 3 is 2.41 bits per heavy atom. The maximum atomic E-state index is 12.9. The van der Waals surface area contributed by atoms with E-state index in [1.807, 2.05) is 4.90 Å². The molecule has 156 valence electrons. The Morgan fingerprint density at radius 2 is 1.78 bits per heavy atom. The Morgan fingerprint density at radius 1 is 1.07 bits per heavy atom. The first-order valence-corrected chi connectivity index (χ1v) is 10.2.